The predicted octanol–water partition coefficient (Wildman–Crippen LogP) is 5.61. The Morgan fingerprint density at radius 2 is 1.43 bits per heavy atom. The van der Waals surface area contributed by atoms with Crippen LogP contribution in [0.3, 0.4) is 0 Å². The van der Waals surface area contributed by atoms with Gasteiger partial charge in [0, 0.05) is 49.5 Å². The quantitative estimate of drug-likeness (QED) is 0.310. The molecule has 232 valence electrons. The molecule has 4 rings (SSSR count). The second-order valence-corrected chi connectivity index (χ2v) is 9.93. The summed E-state index contributed by atoms with van der Waals surface area (Å²) in [5.74, 6) is -1.32. The zero-order valence-corrected chi connectivity index (χ0v) is 22.6. The summed E-state index contributed by atoms with van der Waals surface area (Å²) in [4.78, 5) is 28.5. The SMILES string of the molecule is N#Cc1ccc(NC(=O)Nc2ccc(C(=O)N3CCN(Cc4ccc(C(O)(C(F)(F)F)C(F)(F)F)cc4)CC3)cc2F)cc1. The van der Waals surface area contributed by atoms with Crippen LogP contribution in [0, 0.1) is 17.1 Å². The van der Waals surface area contributed by atoms with Gasteiger partial charge < -0.3 is 20.6 Å². The summed E-state index contributed by atoms with van der Waals surface area (Å²) in [5, 5.41) is 23.2. The molecule has 1 aliphatic heterocycles. The van der Waals surface area contributed by atoms with Crippen molar-refractivity contribution in [3.05, 3.63) is 94.8 Å². The van der Waals surface area contributed by atoms with Crippen molar-refractivity contribution < 1.29 is 45.4 Å². The van der Waals surface area contributed by atoms with E-state index in [-0.39, 0.29) is 30.9 Å². The second-order valence-electron chi connectivity index (χ2n) is 9.93. The number of carbonyl (C=O) groups excluding carboxylic acids is 2. The maximum Gasteiger partial charge on any atom is 0.430 e. The number of nitrogens with zero attached hydrogens (tertiary/aromatic N) is 3. The standard InChI is InChI=1S/C29H24F7N5O3/c30-23-15-20(5-10-24(23)39-26(43)38-22-8-3-18(16-37)4-9-22)25(42)41-13-11-40(12-14-41)17-19-1-6-21(7-2-19)27(44,28(31,32)33)29(34,35)36/h1-10,15,44H,11-14,17H2,(H2,38,39,43). The maximum absolute atomic E-state index is 14.7. The first kappa shape index (κ1) is 32.2. The number of piperazine rings is 1. The minimum atomic E-state index is -5.98. The Kier molecular flexibility index (Phi) is 9.17. The van der Waals surface area contributed by atoms with Gasteiger partial charge in [-0.3, -0.25) is 9.69 Å². The van der Waals surface area contributed by atoms with E-state index in [0.29, 0.717) is 42.0 Å². The highest BCUT2D eigenvalue weighted by molar-refractivity contribution is 6.00. The second kappa shape index (κ2) is 12.5. The molecule has 15 heteroatoms. The minimum Gasteiger partial charge on any atom is -0.369 e. The lowest BCUT2D eigenvalue weighted by Gasteiger charge is -2.35. The molecule has 0 unspecified atom stereocenters. The summed E-state index contributed by atoms with van der Waals surface area (Å²) in [5.41, 5.74) is -5.32. The summed E-state index contributed by atoms with van der Waals surface area (Å²) >= 11 is 0. The molecule has 3 N–H and O–H groups in total. The zero-order valence-electron chi connectivity index (χ0n) is 22.6. The van der Waals surface area contributed by atoms with Crippen LogP contribution in [0.1, 0.15) is 27.0 Å². The number of aliphatic hydroxyl groups is 1. The van der Waals surface area contributed by atoms with Gasteiger partial charge in [-0.2, -0.15) is 31.6 Å². The lowest BCUT2D eigenvalue weighted by Crippen LogP contribution is -2.53. The Bertz CT molecular complexity index is 1530. The summed E-state index contributed by atoms with van der Waals surface area (Å²) in [6.07, 6.45) is -12.0. The molecule has 0 radical (unpaired) electrons. The minimum absolute atomic E-state index is 0.0337. The molecule has 44 heavy (non-hydrogen) atoms. The van der Waals surface area contributed by atoms with Crippen LogP contribution in [0.15, 0.2) is 66.7 Å². The van der Waals surface area contributed by atoms with E-state index in [1.807, 2.05) is 11.0 Å². The number of nitriles is 1. The van der Waals surface area contributed by atoms with Crippen molar-refractivity contribution in [1.82, 2.24) is 9.80 Å². The van der Waals surface area contributed by atoms with Crippen LogP contribution < -0.4 is 10.6 Å². The average Bonchev–Trinajstić information content (AvgIpc) is 2.97. The highest BCUT2D eigenvalue weighted by Crippen LogP contribution is 2.50. The predicted molar refractivity (Wildman–Crippen MR) is 144 cm³/mol. The molecule has 0 aliphatic carbocycles. The fraction of sp³-hybridized carbons (Fsp3) is 0.276. The number of nitrogens with one attached hydrogen (secondary N) is 2. The number of halogens is 7. The number of hydrogen-bond donors (Lipinski definition) is 3. The molecule has 1 saturated heterocycles. The lowest BCUT2D eigenvalue weighted by molar-refractivity contribution is -0.376. The number of amides is 3. The first-order valence-corrected chi connectivity index (χ1v) is 13.0. The Hall–Kier alpha value is -4.68. The van der Waals surface area contributed by atoms with Crippen molar-refractivity contribution in [2.75, 3.05) is 36.8 Å². The van der Waals surface area contributed by atoms with E-state index >= 15 is 0 Å². The number of carbonyl (C=O) groups is 2. The largest absolute Gasteiger partial charge is 0.430 e. The van der Waals surface area contributed by atoms with Gasteiger partial charge in [-0.15, -0.1) is 0 Å². The summed E-state index contributed by atoms with van der Waals surface area (Å²) in [6, 6.07) is 14.1. The molecule has 3 aromatic rings. The molecule has 0 aromatic heterocycles. The molecule has 0 spiro atoms. The number of anilines is 2. The molecular weight excluding hydrogens is 599 g/mol. The van der Waals surface area contributed by atoms with Gasteiger partial charge >= 0.3 is 18.4 Å². The van der Waals surface area contributed by atoms with Crippen LogP contribution >= 0.6 is 0 Å². The van der Waals surface area contributed by atoms with E-state index in [2.05, 4.69) is 10.6 Å². The van der Waals surface area contributed by atoms with E-state index in [1.54, 1.807) is 0 Å². The van der Waals surface area contributed by atoms with Crippen molar-refractivity contribution >= 4 is 23.3 Å². The van der Waals surface area contributed by atoms with Crippen LogP contribution in [-0.4, -0.2) is 65.4 Å². The highest BCUT2D eigenvalue weighted by atomic mass is 19.4. The maximum atomic E-state index is 14.7. The van der Waals surface area contributed by atoms with Gasteiger partial charge in [0.2, 0.25) is 0 Å². The third-order valence-electron chi connectivity index (χ3n) is 6.99. The number of urea groups is 1. The van der Waals surface area contributed by atoms with E-state index in [0.717, 1.165) is 18.2 Å². The Labute approximate surface area is 246 Å². The van der Waals surface area contributed by atoms with Gasteiger partial charge in [-0.1, -0.05) is 24.3 Å². The molecule has 3 aromatic carbocycles. The number of alkyl halides is 6. The smallest absolute Gasteiger partial charge is 0.369 e. The van der Waals surface area contributed by atoms with Crippen LogP contribution in [0.25, 0.3) is 0 Å². The van der Waals surface area contributed by atoms with Crippen molar-refractivity contribution in [1.29, 1.82) is 5.26 Å². The van der Waals surface area contributed by atoms with Crippen molar-refractivity contribution in [3.63, 3.8) is 0 Å². The molecule has 8 nitrogen and oxygen atoms in total. The van der Waals surface area contributed by atoms with E-state index < -0.39 is 41.3 Å². The average molecular weight is 624 g/mol. The van der Waals surface area contributed by atoms with Crippen molar-refractivity contribution in [2.45, 2.75) is 24.5 Å². The number of rotatable bonds is 6. The topological polar surface area (TPSA) is 109 Å². The van der Waals surface area contributed by atoms with E-state index in [1.165, 1.54) is 41.3 Å². The van der Waals surface area contributed by atoms with Crippen LogP contribution in [0.2, 0.25) is 0 Å². The molecule has 0 atom stereocenters. The Morgan fingerprint density at radius 1 is 0.841 bits per heavy atom. The monoisotopic (exact) mass is 623 g/mol. The number of benzene rings is 3. The van der Waals surface area contributed by atoms with Crippen molar-refractivity contribution in [2.24, 2.45) is 0 Å². The highest BCUT2D eigenvalue weighted by Gasteiger charge is 2.71. The van der Waals surface area contributed by atoms with Gasteiger partial charge in [0.05, 0.1) is 17.3 Å². The molecule has 1 heterocycles. The normalized spacial score (nSPS) is 14.6. The third kappa shape index (κ3) is 6.92. The molecular formula is C29H24F7N5O3. The molecule has 0 bridgehead atoms. The molecule has 1 fully saturated rings. The zero-order chi connectivity index (χ0) is 32.3. The molecule has 1 aliphatic rings. The Balaban J connectivity index is 1.31. The molecule has 0 saturated carbocycles. The van der Waals surface area contributed by atoms with Crippen LogP contribution in [0.5, 0.6) is 0 Å². The lowest BCUT2D eigenvalue weighted by atomic mass is 9.91. The third-order valence-corrected chi connectivity index (χ3v) is 6.99. The van der Waals surface area contributed by atoms with Gasteiger partial charge in [-0.25, -0.2) is 9.18 Å². The van der Waals surface area contributed by atoms with Gasteiger partial charge in [0.15, 0.2) is 0 Å². The first-order valence-electron chi connectivity index (χ1n) is 13.0. The summed E-state index contributed by atoms with van der Waals surface area (Å²) in [6.45, 7) is 1.24. The van der Waals surface area contributed by atoms with Gasteiger partial charge in [-0.05, 0) is 48.0 Å². The van der Waals surface area contributed by atoms with Gasteiger partial charge in [0.1, 0.15) is 5.82 Å². The van der Waals surface area contributed by atoms with E-state index in [4.69, 9.17) is 5.26 Å². The fourth-order valence-corrected chi connectivity index (χ4v) is 4.55. The summed E-state index contributed by atoms with van der Waals surface area (Å²) < 4.78 is 93.4. The summed E-state index contributed by atoms with van der Waals surface area (Å²) in [7, 11) is 0. The fourth-order valence-electron chi connectivity index (χ4n) is 4.55. The Morgan fingerprint density at radius 3 is 1.95 bits per heavy atom. The van der Waals surface area contributed by atoms with E-state index in [9.17, 15) is 45.4 Å². The first-order chi connectivity index (χ1) is 20.6. The van der Waals surface area contributed by atoms with Crippen LogP contribution in [0.4, 0.5) is 46.9 Å². The van der Waals surface area contributed by atoms with Crippen LogP contribution in [-0.2, 0) is 12.1 Å². The number of hydrogen-bond acceptors (Lipinski definition) is 5. The van der Waals surface area contributed by atoms with Crippen molar-refractivity contribution in [3.8, 4) is 6.07 Å². The molecule has 3 amide bonds. The van der Waals surface area contributed by atoms with Gasteiger partial charge in [0.25, 0.3) is 11.5 Å².